The molecule has 0 saturated heterocycles. The molecule has 0 radical (unpaired) electrons. The average molecular weight is 260 g/mol. The minimum absolute atomic E-state index is 0.0959. The second-order valence-electron chi connectivity index (χ2n) is 4.37. The molecule has 0 aromatic heterocycles. The van der Waals surface area contributed by atoms with Gasteiger partial charge in [-0.05, 0) is 24.1 Å². The molecule has 0 spiro atoms. The van der Waals surface area contributed by atoms with Crippen LogP contribution in [-0.4, -0.2) is 21.6 Å². The van der Waals surface area contributed by atoms with Crippen LogP contribution in [0.3, 0.4) is 0 Å². The maximum atomic E-state index is 12.3. The Balaban J connectivity index is 2.22. The van der Waals surface area contributed by atoms with E-state index in [0.717, 1.165) is 24.3 Å². The zero-order valence-electron chi connectivity index (χ0n) is 9.24. The molecule has 1 saturated carbocycles. The summed E-state index contributed by atoms with van der Waals surface area (Å²) < 4.78 is 37.0. The third-order valence-corrected chi connectivity index (χ3v) is 3.22. The van der Waals surface area contributed by atoms with Crippen LogP contribution in [0.1, 0.15) is 30.1 Å². The number of aliphatic hydroxyl groups is 2. The lowest BCUT2D eigenvalue weighted by atomic mass is 9.72. The van der Waals surface area contributed by atoms with Crippen LogP contribution in [0.5, 0.6) is 0 Å². The van der Waals surface area contributed by atoms with E-state index in [1.54, 1.807) is 0 Å². The fourth-order valence-electron chi connectivity index (χ4n) is 1.90. The quantitative estimate of drug-likeness (QED) is 0.853. The minimum atomic E-state index is -4.45. The van der Waals surface area contributed by atoms with Gasteiger partial charge in [0.2, 0.25) is 0 Å². The van der Waals surface area contributed by atoms with E-state index >= 15 is 0 Å². The van der Waals surface area contributed by atoms with E-state index in [9.17, 15) is 28.2 Å². The van der Waals surface area contributed by atoms with Crippen molar-refractivity contribution < 1.29 is 28.2 Å². The molecule has 98 valence electrons. The van der Waals surface area contributed by atoms with Gasteiger partial charge < -0.3 is 10.2 Å². The van der Waals surface area contributed by atoms with E-state index in [1.807, 2.05) is 0 Å². The van der Waals surface area contributed by atoms with Gasteiger partial charge in [0.05, 0.1) is 5.56 Å². The molecule has 0 aliphatic heterocycles. The fourth-order valence-corrected chi connectivity index (χ4v) is 1.90. The maximum absolute atomic E-state index is 12.3. The molecule has 0 amide bonds. The Labute approximate surface area is 101 Å². The van der Waals surface area contributed by atoms with Crippen LogP contribution in [0, 0.1) is 0 Å². The van der Waals surface area contributed by atoms with Gasteiger partial charge in [0.25, 0.3) is 0 Å². The summed E-state index contributed by atoms with van der Waals surface area (Å²) in [7, 11) is 0. The Morgan fingerprint density at radius 1 is 1.22 bits per heavy atom. The number of aliphatic hydroxyl groups excluding tert-OH is 1. The molecular weight excluding hydrogens is 249 g/mol. The van der Waals surface area contributed by atoms with Gasteiger partial charge in [0, 0.05) is 6.42 Å². The summed E-state index contributed by atoms with van der Waals surface area (Å²) in [4.78, 5) is 11.2. The number of hydrogen-bond donors (Lipinski definition) is 2. The number of halogens is 3. The standard InChI is InChI=1S/C12H11F3O3/c13-12(14,15)8-3-1-7(2-4-8)10(17)11(18)6-5-9(11)16/h1-4,10,17-18H,5-6H2. The lowest BCUT2D eigenvalue weighted by Crippen LogP contribution is -2.52. The average Bonchev–Trinajstić information content (AvgIpc) is 2.34. The molecule has 1 aromatic rings. The van der Waals surface area contributed by atoms with Crippen molar-refractivity contribution in [3.8, 4) is 0 Å². The maximum Gasteiger partial charge on any atom is 0.416 e. The Kier molecular flexibility index (Phi) is 2.95. The molecule has 18 heavy (non-hydrogen) atoms. The summed E-state index contributed by atoms with van der Waals surface area (Å²) in [5, 5.41) is 19.6. The van der Waals surface area contributed by atoms with E-state index in [0.29, 0.717) is 0 Å². The van der Waals surface area contributed by atoms with Crippen LogP contribution in [0.25, 0.3) is 0 Å². The van der Waals surface area contributed by atoms with Gasteiger partial charge >= 0.3 is 6.18 Å². The highest BCUT2D eigenvalue weighted by Crippen LogP contribution is 2.39. The van der Waals surface area contributed by atoms with Crippen LogP contribution in [0.4, 0.5) is 13.2 Å². The molecular formula is C12H11F3O3. The Bertz CT molecular complexity index is 466. The highest BCUT2D eigenvalue weighted by molar-refractivity contribution is 5.93. The molecule has 6 heteroatoms. The van der Waals surface area contributed by atoms with Crippen molar-refractivity contribution in [3.63, 3.8) is 0 Å². The Hall–Kier alpha value is -1.40. The number of carbonyl (C=O) groups excluding carboxylic acids is 1. The smallest absolute Gasteiger partial charge is 0.385 e. The Morgan fingerprint density at radius 3 is 2.11 bits per heavy atom. The molecule has 0 bridgehead atoms. The van der Waals surface area contributed by atoms with Crippen molar-refractivity contribution in [1.82, 2.24) is 0 Å². The molecule has 1 aliphatic rings. The SMILES string of the molecule is O=C1CCC1(O)C(O)c1ccc(C(F)(F)F)cc1. The number of Topliss-reactive ketones (excluding diaryl/α,β-unsaturated/α-hetero) is 1. The first-order valence-electron chi connectivity index (χ1n) is 5.36. The first kappa shape index (κ1) is 13.0. The van der Waals surface area contributed by atoms with Crippen molar-refractivity contribution >= 4 is 5.78 Å². The fraction of sp³-hybridized carbons (Fsp3) is 0.417. The third kappa shape index (κ3) is 2.02. The second kappa shape index (κ2) is 4.07. The van der Waals surface area contributed by atoms with Crippen LogP contribution in [-0.2, 0) is 11.0 Å². The van der Waals surface area contributed by atoms with Gasteiger partial charge in [-0.25, -0.2) is 0 Å². The zero-order chi connectivity index (χ0) is 13.6. The second-order valence-corrected chi connectivity index (χ2v) is 4.37. The predicted octanol–water partition coefficient (Wildman–Crippen LogP) is 1.83. The van der Waals surface area contributed by atoms with E-state index in [-0.39, 0.29) is 18.4 Å². The predicted molar refractivity (Wildman–Crippen MR) is 55.6 cm³/mol. The topological polar surface area (TPSA) is 57.5 Å². The van der Waals surface area contributed by atoms with Crippen LogP contribution < -0.4 is 0 Å². The highest BCUT2D eigenvalue weighted by atomic mass is 19.4. The first-order valence-corrected chi connectivity index (χ1v) is 5.36. The summed E-state index contributed by atoms with van der Waals surface area (Å²) in [6.07, 6.45) is -5.64. The molecule has 3 nitrogen and oxygen atoms in total. The van der Waals surface area contributed by atoms with Gasteiger partial charge in [0.15, 0.2) is 11.4 Å². The van der Waals surface area contributed by atoms with Gasteiger partial charge in [-0.15, -0.1) is 0 Å². The van der Waals surface area contributed by atoms with Gasteiger partial charge in [-0.1, -0.05) is 12.1 Å². The first-order chi connectivity index (χ1) is 8.25. The van der Waals surface area contributed by atoms with Crippen molar-refractivity contribution in [3.05, 3.63) is 35.4 Å². The summed E-state index contributed by atoms with van der Waals surface area (Å²) in [5.74, 6) is -0.491. The van der Waals surface area contributed by atoms with Gasteiger partial charge in [0.1, 0.15) is 6.10 Å². The lowest BCUT2D eigenvalue weighted by Gasteiger charge is -2.38. The number of ketones is 1. The van der Waals surface area contributed by atoms with Crippen LogP contribution in [0.2, 0.25) is 0 Å². The van der Waals surface area contributed by atoms with E-state index in [4.69, 9.17) is 0 Å². The number of carbonyl (C=O) groups is 1. The highest BCUT2D eigenvalue weighted by Gasteiger charge is 2.50. The zero-order valence-corrected chi connectivity index (χ0v) is 9.24. The van der Waals surface area contributed by atoms with Crippen molar-refractivity contribution in [2.24, 2.45) is 0 Å². The van der Waals surface area contributed by atoms with E-state index in [2.05, 4.69) is 0 Å². The minimum Gasteiger partial charge on any atom is -0.385 e. The summed E-state index contributed by atoms with van der Waals surface area (Å²) in [6.45, 7) is 0. The summed E-state index contributed by atoms with van der Waals surface area (Å²) in [5.41, 5.74) is -2.59. The van der Waals surface area contributed by atoms with Crippen molar-refractivity contribution in [2.75, 3.05) is 0 Å². The van der Waals surface area contributed by atoms with Crippen molar-refractivity contribution in [1.29, 1.82) is 0 Å². The molecule has 1 aromatic carbocycles. The molecule has 2 N–H and O–H groups in total. The molecule has 2 unspecified atom stereocenters. The van der Waals surface area contributed by atoms with Gasteiger partial charge in [-0.2, -0.15) is 13.2 Å². The summed E-state index contributed by atoms with van der Waals surface area (Å²) in [6, 6.07) is 3.75. The van der Waals surface area contributed by atoms with Crippen LogP contribution >= 0.6 is 0 Å². The molecule has 0 heterocycles. The molecule has 2 rings (SSSR count). The monoisotopic (exact) mass is 260 g/mol. The van der Waals surface area contributed by atoms with Crippen LogP contribution in [0.15, 0.2) is 24.3 Å². The molecule has 1 aliphatic carbocycles. The molecule has 1 fully saturated rings. The van der Waals surface area contributed by atoms with E-state index < -0.39 is 29.2 Å². The Morgan fingerprint density at radius 2 is 1.78 bits per heavy atom. The molecule has 2 atom stereocenters. The normalized spacial score (nSPS) is 25.7. The van der Waals surface area contributed by atoms with Crippen molar-refractivity contribution in [2.45, 2.75) is 30.7 Å². The number of alkyl halides is 3. The third-order valence-electron chi connectivity index (χ3n) is 3.22. The van der Waals surface area contributed by atoms with Gasteiger partial charge in [-0.3, -0.25) is 4.79 Å². The number of benzene rings is 1. The van der Waals surface area contributed by atoms with E-state index in [1.165, 1.54) is 0 Å². The largest absolute Gasteiger partial charge is 0.416 e. The summed E-state index contributed by atoms with van der Waals surface area (Å²) >= 11 is 0. The number of rotatable bonds is 2. The lowest BCUT2D eigenvalue weighted by molar-refractivity contribution is -0.168. The number of hydrogen-bond acceptors (Lipinski definition) is 3.